The molecule has 4 nitrogen and oxygen atoms in total. The third-order valence-corrected chi connectivity index (χ3v) is 3.40. The van der Waals surface area contributed by atoms with Gasteiger partial charge in [-0.3, -0.25) is 4.79 Å². The van der Waals surface area contributed by atoms with Crippen molar-refractivity contribution in [3.05, 3.63) is 45.8 Å². The molecule has 2 aromatic rings. The van der Waals surface area contributed by atoms with Gasteiger partial charge in [-0.25, -0.2) is 4.98 Å². The number of nitrogens with two attached hydrogens (primary N) is 1. The van der Waals surface area contributed by atoms with E-state index in [1.807, 2.05) is 24.4 Å². The molecule has 0 saturated heterocycles. The maximum Gasteiger partial charge on any atom is 0.251 e. The van der Waals surface area contributed by atoms with Gasteiger partial charge in [0.05, 0.1) is 6.54 Å². The fraction of sp³-hybridized carbons (Fsp3) is 0.231. The van der Waals surface area contributed by atoms with Crippen LogP contribution in [0.15, 0.2) is 29.6 Å². The maximum atomic E-state index is 12.0. The standard InChI is InChI=1S/C13H15N3OS/c1-2-10-6-9(7-12(14)16-10)13(17)15-8-11-4-3-5-18-11/h3-7H,2,8H2,1H3,(H2,14,16)(H,15,17). The van der Waals surface area contributed by atoms with Gasteiger partial charge in [0.15, 0.2) is 0 Å². The van der Waals surface area contributed by atoms with Crippen LogP contribution < -0.4 is 11.1 Å². The van der Waals surface area contributed by atoms with Gasteiger partial charge >= 0.3 is 0 Å². The Labute approximate surface area is 110 Å². The molecule has 2 rings (SSSR count). The van der Waals surface area contributed by atoms with Crippen LogP contribution in [-0.2, 0) is 13.0 Å². The summed E-state index contributed by atoms with van der Waals surface area (Å²) >= 11 is 1.62. The number of aryl methyl sites for hydroxylation is 1. The number of hydrogen-bond donors (Lipinski definition) is 2. The number of anilines is 1. The second-order valence-corrected chi connectivity index (χ2v) is 4.92. The van der Waals surface area contributed by atoms with Gasteiger partial charge in [-0.05, 0) is 30.0 Å². The first-order valence-electron chi connectivity index (χ1n) is 5.76. The molecule has 0 radical (unpaired) electrons. The van der Waals surface area contributed by atoms with E-state index in [0.29, 0.717) is 17.9 Å². The van der Waals surface area contributed by atoms with Crippen molar-refractivity contribution >= 4 is 23.1 Å². The third kappa shape index (κ3) is 3.07. The van der Waals surface area contributed by atoms with Crippen LogP contribution in [0.25, 0.3) is 0 Å². The lowest BCUT2D eigenvalue weighted by Gasteiger charge is -2.06. The van der Waals surface area contributed by atoms with Gasteiger partial charge < -0.3 is 11.1 Å². The Morgan fingerprint density at radius 1 is 1.50 bits per heavy atom. The fourth-order valence-electron chi connectivity index (χ4n) is 1.61. The van der Waals surface area contributed by atoms with Crippen LogP contribution in [0.5, 0.6) is 0 Å². The Bertz CT molecular complexity index is 537. The summed E-state index contributed by atoms with van der Waals surface area (Å²) in [5.41, 5.74) is 7.07. The molecule has 94 valence electrons. The molecule has 18 heavy (non-hydrogen) atoms. The molecule has 2 heterocycles. The highest BCUT2D eigenvalue weighted by molar-refractivity contribution is 7.09. The second-order valence-electron chi connectivity index (χ2n) is 3.89. The normalized spacial score (nSPS) is 10.3. The van der Waals surface area contributed by atoms with E-state index in [1.54, 1.807) is 23.5 Å². The number of hydrogen-bond acceptors (Lipinski definition) is 4. The van der Waals surface area contributed by atoms with E-state index in [4.69, 9.17) is 5.73 Å². The topological polar surface area (TPSA) is 68.0 Å². The van der Waals surface area contributed by atoms with Gasteiger partial charge in [0.25, 0.3) is 5.91 Å². The van der Waals surface area contributed by atoms with E-state index in [9.17, 15) is 4.79 Å². The van der Waals surface area contributed by atoms with Gasteiger partial charge in [0.1, 0.15) is 5.82 Å². The van der Waals surface area contributed by atoms with Crippen LogP contribution in [0.3, 0.4) is 0 Å². The number of amides is 1. The molecule has 1 amide bonds. The molecule has 0 aliphatic carbocycles. The van der Waals surface area contributed by atoms with Crippen LogP contribution in [0.2, 0.25) is 0 Å². The number of carbonyl (C=O) groups excluding carboxylic acids is 1. The van der Waals surface area contributed by atoms with Crippen LogP contribution in [0, 0.1) is 0 Å². The minimum Gasteiger partial charge on any atom is -0.384 e. The van der Waals surface area contributed by atoms with E-state index < -0.39 is 0 Å². The number of aromatic nitrogens is 1. The van der Waals surface area contributed by atoms with E-state index in [2.05, 4.69) is 10.3 Å². The van der Waals surface area contributed by atoms with Gasteiger partial charge in [-0.1, -0.05) is 13.0 Å². The molecule has 0 aromatic carbocycles. The van der Waals surface area contributed by atoms with Crippen molar-refractivity contribution in [2.75, 3.05) is 5.73 Å². The first kappa shape index (κ1) is 12.6. The number of carbonyl (C=O) groups is 1. The third-order valence-electron chi connectivity index (χ3n) is 2.53. The molecule has 2 aromatic heterocycles. The van der Waals surface area contributed by atoms with Gasteiger partial charge in [-0.2, -0.15) is 0 Å². The van der Waals surface area contributed by atoms with E-state index in [0.717, 1.165) is 17.0 Å². The second kappa shape index (κ2) is 5.64. The van der Waals surface area contributed by atoms with Crippen molar-refractivity contribution in [2.45, 2.75) is 19.9 Å². The molecule has 0 spiro atoms. The molecule has 0 unspecified atom stereocenters. The predicted molar refractivity (Wildman–Crippen MR) is 73.5 cm³/mol. The SMILES string of the molecule is CCc1cc(C(=O)NCc2cccs2)cc(N)n1. The number of nitrogen functional groups attached to an aromatic ring is 1. The highest BCUT2D eigenvalue weighted by Gasteiger charge is 2.08. The smallest absolute Gasteiger partial charge is 0.251 e. The molecule has 0 aliphatic rings. The summed E-state index contributed by atoms with van der Waals surface area (Å²) in [6, 6.07) is 7.33. The van der Waals surface area contributed by atoms with Crippen molar-refractivity contribution in [3.8, 4) is 0 Å². The first-order chi connectivity index (χ1) is 8.69. The van der Waals surface area contributed by atoms with Crippen LogP contribution in [0.4, 0.5) is 5.82 Å². The van der Waals surface area contributed by atoms with Crippen LogP contribution in [-0.4, -0.2) is 10.9 Å². The lowest BCUT2D eigenvalue weighted by Crippen LogP contribution is -2.22. The number of nitrogens with zero attached hydrogens (tertiary/aromatic N) is 1. The van der Waals surface area contributed by atoms with Crippen molar-refractivity contribution in [1.82, 2.24) is 10.3 Å². The van der Waals surface area contributed by atoms with E-state index >= 15 is 0 Å². The van der Waals surface area contributed by atoms with Crippen LogP contribution >= 0.6 is 11.3 Å². The molecule has 0 atom stereocenters. The molecule has 0 aliphatic heterocycles. The summed E-state index contributed by atoms with van der Waals surface area (Å²) in [7, 11) is 0. The summed E-state index contributed by atoms with van der Waals surface area (Å²) in [5.74, 6) is 0.267. The Balaban J connectivity index is 2.06. The summed E-state index contributed by atoms with van der Waals surface area (Å²) in [5, 5.41) is 4.86. The average molecular weight is 261 g/mol. The Hall–Kier alpha value is -1.88. The largest absolute Gasteiger partial charge is 0.384 e. The van der Waals surface area contributed by atoms with Crippen molar-refractivity contribution in [3.63, 3.8) is 0 Å². The summed E-state index contributed by atoms with van der Waals surface area (Å²) < 4.78 is 0. The fourth-order valence-corrected chi connectivity index (χ4v) is 2.25. The molecule has 0 bridgehead atoms. The highest BCUT2D eigenvalue weighted by atomic mass is 32.1. The summed E-state index contributed by atoms with van der Waals surface area (Å²) in [6.07, 6.45) is 0.760. The number of rotatable bonds is 4. The lowest BCUT2D eigenvalue weighted by molar-refractivity contribution is 0.0951. The zero-order valence-electron chi connectivity index (χ0n) is 10.1. The average Bonchev–Trinajstić information content (AvgIpc) is 2.88. The zero-order valence-corrected chi connectivity index (χ0v) is 11.0. The Morgan fingerprint density at radius 2 is 2.33 bits per heavy atom. The lowest BCUT2D eigenvalue weighted by atomic mass is 10.2. The first-order valence-corrected chi connectivity index (χ1v) is 6.64. The maximum absolute atomic E-state index is 12.0. The Morgan fingerprint density at radius 3 is 3.00 bits per heavy atom. The van der Waals surface area contributed by atoms with Gasteiger partial charge in [0, 0.05) is 16.1 Å². The van der Waals surface area contributed by atoms with Crippen molar-refractivity contribution in [2.24, 2.45) is 0 Å². The molecule has 3 N–H and O–H groups in total. The molecular formula is C13H15N3OS. The minimum atomic E-state index is -0.118. The summed E-state index contributed by atoms with van der Waals surface area (Å²) in [4.78, 5) is 17.2. The summed E-state index contributed by atoms with van der Waals surface area (Å²) in [6.45, 7) is 2.52. The van der Waals surface area contributed by atoms with Gasteiger partial charge in [0.2, 0.25) is 0 Å². The Kier molecular flexibility index (Phi) is 3.94. The van der Waals surface area contributed by atoms with E-state index in [1.165, 1.54) is 0 Å². The highest BCUT2D eigenvalue weighted by Crippen LogP contribution is 2.10. The monoisotopic (exact) mass is 261 g/mol. The van der Waals surface area contributed by atoms with Gasteiger partial charge in [-0.15, -0.1) is 11.3 Å². The zero-order chi connectivity index (χ0) is 13.0. The molecule has 0 fully saturated rings. The molecule has 5 heteroatoms. The minimum absolute atomic E-state index is 0.118. The molecule has 0 saturated carbocycles. The van der Waals surface area contributed by atoms with Crippen molar-refractivity contribution < 1.29 is 4.79 Å². The number of pyridine rings is 1. The van der Waals surface area contributed by atoms with Crippen molar-refractivity contribution in [1.29, 1.82) is 0 Å². The molecular weight excluding hydrogens is 246 g/mol. The van der Waals surface area contributed by atoms with Crippen LogP contribution in [0.1, 0.15) is 27.9 Å². The predicted octanol–water partition coefficient (Wildman–Crippen LogP) is 2.22. The number of nitrogens with one attached hydrogen (secondary N) is 1. The quantitative estimate of drug-likeness (QED) is 0.886. The van der Waals surface area contributed by atoms with E-state index in [-0.39, 0.29) is 5.91 Å². The number of thiophene rings is 1.